The van der Waals surface area contributed by atoms with E-state index in [0.29, 0.717) is 5.55 Å². The molecule has 13 heavy (non-hydrogen) atoms. The lowest BCUT2D eigenvalue weighted by molar-refractivity contribution is 0.00754. The predicted molar refractivity (Wildman–Crippen MR) is 43.3 cm³/mol. The third kappa shape index (κ3) is 2.21. The fraction of sp³-hybridized carbons (Fsp3) is 0. The number of benzene rings is 1. The maximum absolute atomic E-state index is 12.4. The molecule has 0 unspecified atom stereocenters. The molecule has 0 aromatic heterocycles. The van der Waals surface area contributed by atoms with Gasteiger partial charge in [0.15, 0.2) is 0 Å². The van der Waals surface area contributed by atoms with Gasteiger partial charge in [0.1, 0.15) is 5.82 Å². The number of hydrogen-bond acceptors (Lipinski definition) is 2. The van der Waals surface area contributed by atoms with Crippen LogP contribution in [0.15, 0.2) is 29.2 Å². The molecule has 1 rings (SSSR count). The number of sulfone groups is 1. The third-order valence-corrected chi connectivity index (χ3v) is 2.63. The molecule has 4 nitrogen and oxygen atoms in total. The first kappa shape index (κ1) is 9.57. The van der Waals surface area contributed by atoms with Crippen molar-refractivity contribution < 1.29 is 17.6 Å². The van der Waals surface area contributed by atoms with Crippen LogP contribution in [0.1, 0.15) is 0 Å². The Kier molecular flexibility index (Phi) is 2.55. The van der Waals surface area contributed by atoms with Crippen molar-refractivity contribution in [3.8, 4) is 0 Å². The lowest BCUT2D eigenvalue weighted by Gasteiger charge is -1.92. The Labute approximate surface area is 74.2 Å². The van der Waals surface area contributed by atoms with E-state index in [1.807, 2.05) is 0 Å². The topological polar surface area (TPSA) is 70.5 Å². The molecule has 0 radical (unpaired) electrons. The van der Waals surface area contributed by atoms with Crippen molar-refractivity contribution in [3.63, 3.8) is 0 Å². The second kappa shape index (κ2) is 3.47. The van der Waals surface area contributed by atoms with Gasteiger partial charge in [-0.05, 0) is 24.3 Å². The Balaban J connectivity index is 3.24. The number of halogens is 1. The number of nitrogens with zero attached hydrogens (tertiary/aromatic N) is 2. The highest BCUT2D eigenvalue weighted by Gasteiger charge is 2.15. The van der Waals surface area contributed by atoms with Crippen molar-refractivity contribution >= 4 is 15.4 Å². The van der Waals surface area contributed by atoms with Crippen LogP contribution in [0, 0.1) is 5.82 Å². The summed E-state index contributed by atoms with van der Waals surface area (Å²) in [6.07, 6.45) is 0. The number of hydrogen-bond donors (Lipinski definition) is 0. The average Bonchev–Trinajstić information content (AvgIpc) is 2.05. The van der Waals surface area contributed by atoms with Gasteiger partial charge in [-0.1, -0.05) is 0 Å². The van der Waals surface area contributed by atoms with Gasteiger partial charge >= 0.3 is 5.55 Å². The minimum absolute atomic E-state index is 0.119. The molecule has 68 valence electrons. The normalized spacial score (nSPS) is 10.5. The SMILES string of the molecule is [N-]=[N+]=CS(=O)(=O)c1ccc(F)cc1. The maximum atomic E-state index is 12.4. The molecule has 0 bridgehead atoms. The fourth-order valence-corrected chi connectivity index (χ4v) is 1.51. The molecule has 0 N–H and O–H groups in total. The molecule has 6 heteroatoms. The van der Waals surface area contributed by atoms with Crippen molar-refractivity contribution in [1.82, 2.24) is 0 Å². The summed E-state index contributed by atoms with van der Waals surface area (Å²) in [6, 6.07) is 4.20. The highest BCUT2D eigenvalue weighted by atomic mass is 32.2. The Morgan fingerprint density at radius 2 is 1.85 bits per heavy atom. The van der Waals surface area contributed by atoms with Gasteiger partial charge in [0, 0.05) is 0 Å². The van der Waals surface area contributed by atoms with Crippen molar-refractivity contribution in [3.05, 3.63) is 35.6 Å². The predicted octanol–water partition coefficient (Wildman–Crippen LogP) is 0.858. The summed E-state index contributed by atoms with van der Waals surface area (Å²) in [5.74, 6) is -0.528. The van der Waals surface area contributed by atoms with E-state index in [1.165, 1.54) is 0 Å². The van der Waals surface area contributed by atoms with Gasteiger partial charge in [-0.3, -0.25) is 0 Å². The van der Waals surface area contributed by atoms with Crippen LogP contribution >= 0.6 is 0 Å². The standard InChI is InChI=1S/C7H5FN2O2S/c8-6-1-3-7(4-2-6)13(11,12)5-10-9/h1-5H. The monoisotopic (exact) mass is 200 g/mol. The molecule has 0 saturated heterocycles. The molecular weight excluding hydrogens is 195 g/mol. The Hall–Kier alpha value is -1.52. The van der Waals surface area contributed by atoms with Crippen LogP contribution in [0.3, 0.4) is 0 Å². The Morgan fingerprint density at radius 1 is 1.31 bits per heavy atom. The highest BCUT2D eigenvalue weighted by molar-refractivity contribution is 8.04. The average molecular weight is 200 g/mol. The van der Waals surface area contributed by atoms with Crippen molar-refractivity contribution in [2.24, 2.45) is 0 Å². The van der Waals surface area contributed by atoms with E-state index in [9.17, 15) is 12.8 Å². The molecule has 0 aliphatic heterocycles. The molecule has 0 amide bonds. The third-order valence-electron chi connectivity index (χ3n) is 1.33. The molecule has 1 aromatic carbocycles. The first-order chi connectivity index (χ1) is 6.06. The second-order valence-electron chi connectivity index (χ2n) is 2.22. The van der Waals surface area contributed by atoms with Crippen LogP contribution in [0.2, 0.25) is 0 Å². The minimum Gasteiger partial charge on any atom is -0.361 e. The summed E-state index contributed by atoms with van der Waals surface area (Å²) in [7, 11) is -3.74. The molecule has 1 aromatic rings. The van der Waals surface area contributed by atoms with Gasteiger partial charge in [-0.15, -0.1) is 0 Å². The van der Waals surface area contributed by atoms with E-state index in [1.54, 1.807) is 0 Å². The molecule has 0 heterocycles. The summed E-state index contributed by atoms with van der Waals surface area (Å²) < 4.78 is 34.6. The lowest BCUT2D eigenvalue weighted by atomic mass is 10.4. The van der Waals surface area contributed by atoms with E-state index >= 15 is 0 Å². The van der Waals surface area contributed by atoms with E-state index in [-0.39, 0.29) is 4.90 Å². The molecule has 0 spiro atoms. The van der Waals surface area contributed by atoms with Gasteiger partial charge in [0.05, 0.1) is 4.90 Å². The van der Waals surface area contributed by atoms with Crippen molar-refractivity contribution in [2.45, 2.75) is 4.90 Å². The number of rotatable bonds is 2. The van der Waals surface area contributed by atoms with E-state index < -0.39 is 15.7 Å². The second-order valence-corrected chi connectivity index (χ2v) is 3.99. The van der Waals surface area contributed by atoms with Gasteiger partial charge in [0.25, 0.3) is 9.84 Å². The summed E-state index contributed by atoms with van der Waals surface area (Å²) in [5, 5.41) is 0. The first-order valence-electron chi connectivity index (χ1n) is 3.24. The summed E-state index contributed by atoms with van der Waals surface area (Å²) in [6.45, 7) is 0. The zero-order valence-electron chi connectivity index (χ0n) is 6.38. The van der Waals surface area contributed by atoms with Crippen LogP contribution in [-0.2, 0) is 9.84 Å². The lowest BCUT2D eigenvalue weighted by Crippen LogP contribution is -2.02. The van der Waals surface area contributed by atoms with Crippen LogP contribution in [0.25, 0.3) is 5.53 Å². The maximum Gasteiger partial charge on any atom is 0.374 e. The molecular formula is C7H5FN2O2S. The zero-order valence-corrected chi connectivity index (χ0v) is 7.20. The van der Waals surface area contributed by atoms with E-state index in [0.717, 1.165) is 24.3 Å². The van der Waals surface area contributed by atoms with Gasteiger partial charge < -0.3 is 5.53 Å². The Bertz CT molecular complexity index is 446. The minimum atomic E-state index is -3.74. The summed E-state index contributed by atoms with van der Waals surface area (Å²) in [4.78, 5) is 2.28. The molecule has 0 saturated carbocycles. The van der Waals surface area contributed by atoms with Crippen LogP contribution < -0.4 is 0 Å². The molecule has 0 aliphatic rings. The zero-order chi connectivity index (χ0) is 9.90. The van der Waals surface area contributed by atoms with Crippen molar-refractivity contribution in [1.29, 1.82) is 0 Å². The smallest absolute Gasteiger partial charge is 0.361 e. The van der Waals surface area contributed by atoms with E-state index in [4.69, 9.17) is 5.53 Å². The quantitative estimate of drug-likeness (QED) is 0.233. The van der Waals surface area contributed by atoms with Crippen LogP contribution in [0.5, 0.6) is 0 Å². The summed E-state index contributed by atoms with van der Waals surface area (Å²) in [5.41, 5.74) is 8.42. The van der Waals surface area contributed by atoms with E-state index in [2.05, 4.69) is 4.79 Å². The molecule has 0 fully saturated rings. The van der Waals surface area contributed by atoms with Crippen LogP contribution in [0.4, 0.5) is 4.39 Å². The van der Waals surface area contributed by atoms with Gasteiger partial charge in [-0.25, -0.2) is 12.8 Å². The van der Waals surface area contributed by atoms with Gasteiger partial charge in [-0.2, -0.15) is 4.79 Å². The molecule has 0 atom stereocenters. The van der Waals surface area contributed by atoms with Crippen molar-refractivity contribution in [2.75, 3.05) is 0 Å². The highest BCUT2D eigenvalue weighted by Crippen LogP contribution is 2.09. The van der Waals surface area contributed by atoms with Gasteiger partial charge in [0.2, 0.25) is 0 Å². The largest absolute Gasteiger partial charge is 0.374 e. The first-order valence-corrected chi connectivity index (χ1v) is 4.79. The van der Waals surface area contributed by atoms with Crippen LogP contribution in [-0.4, -0.2) is 18.8 Å². The molecule has 0 aliphatic carbocycles. The fourth-order valence-electron chi connectivity index (χ4n) is 0.747. The Morgan fingerprint density at radius 3 is 2.31 bits per heavy atom. The summed E-state index contributed by atoms with van der Waals surface area (Å²) >= 11 is 0.